The summed E-state index contributed by atoms with van der Waals surface area (Å²) in [6.07, 6.45) is -5.33. The lowest BCUT2D eigenvalue weighted by Crippen LogP contribution is -2.37. The summed E-state index contributed by atoms with van der Waals surface area (Å²) < 4.78 is 48.9. The number of carbonyl (C=O) groups excluding carboxylic acids is 2. The van der Waals surface area contributed by atoms with Crippen molar-refractivity contribution in [3.05, 3.63) is 35.9 Å². The van der Waals surface area contributed by atoms with Crippen molar-refractivity contribution < 1.29 is 32.2 Å². The summed E-state index contributed by atoms with van der Waals surface area (Å²) in [4.78, 5) is 25.2. The van der Waals surface area contributed by atoms with E-state index in [0.29, 0.717) is 6.42 Å². The van der Waals surface area contributed by atoms with E-state index in [4.69, 9.17) is 9.47 Å². The highest BCUT2D eigenvalue weighted by molar-refractivity contribution is 5.82. The van der Waals surface area contributed by atoms with Gasteiger partial charge in [-0.05, 0) is 39.2 Å². The topological polar surface area (TPSA) is 52.6 Å². The molecular weight excluding hydrogens is 373 g/mol. The van der Waals surface area contributed by atoms with Crippen molar-refractivity contribution in [2.75, 3.05) is 0 Å². The third kappa shape index (κ3) is 9.24. The number of halogens is 3. The number of esters is 2. The van der Waals surface area contributed by atoms with Crippen LogP contribution in [-0.4, -0.2) is 23.7 Å². The fourth-order valence-corrected chi connectivity index (χ4v) is 2.81. The summed E-state index contributed by atoms with van der Waals surface area (Å²) in [6, 6.07) is 8.95. The Hall–Kier alpha value is -2.05. The second-order valence-corrected chi connectivity index (χ2v) is 7.78. The quantitative estimate of drug-likeness (QED) is 0.516. The number of carbonyl (C=O) groups is 2. The van der Waals surface area contributed by atoms with Gasteiger partial charge in [-0.25, -0.2) is 0 Å². The normalized spacial score (nSPS) is 14.2. The van der Waals surface area contributed by atoms with Crippen LogP contribution in [0.15, 0.2) is 30.3 Å². The molecule has 0 saturated heterocycles. The van der Waals surface area contributed by atoms with E-state index in [1.165, 1.54) is 0 Å². The largest absolute Gasteiger partial charge is 0.461 e. The SMILES string of the molecule is CCCC(C(=O)OCc1ccccc1)C(CCC(F)(F)F)C(=O)OC(C)(C)C. The van der Waals surface area contributed by atoms with Gasteiger partial charge < -0.3 is 9.47 Å². The summed E-state index contributed by atoms with van der Waals surface area (Å²) in [5, 5.41) is 0. The maximum absolute atomic E-state index is 12.8. The first-order valence-corrected chi connectivity index (χ1v) is 9.43. The van der Waals surface area contributed by atoms with E-state index in [0.717, 1.165) is 5.56 Å². The summed E-state index contributed by atoms with van der Waals surface area (Å²) in [6.45, 7) is 6.70. The Kier molecular flexibility index (Phi) is 8.98. The van der Waals surface area contributed by atoms with Crippen molar-refractivity contribution in [3.63, 3.8) is 0 Å². The zero-order valence-electron chi connectivity index (χ0n) is 16.8. The van der Waals surface area contributed by atoms with E-state index in [2.05, 4.69) is 0 Å². The van der Waals surface area contributed by atoms with Crippen LogP contribution in [0.4, 0.5) is 13.2 Å². The highest BCUT2D eigenvalue weighted by Gasteiger charge is 2.40. The lowest BCUT2D eigenvalue weighted by molar-refractivity contribution is -0.173. The number of ether oxygens (including phenoxy) is 2. The Labute approximate surface area is 164 Å². The summed E-state index contributed by atoms with van der Waals surface area (Å²) in [7, 11) is 0. The Morgan fingerprint density at radius 1 is 0.964 bits per heavy atom. The zero-order valence-corrected chi connectivity index (χ0v) is 16.8. The van der Waals surface area contributed by atoms with Crippen molar-refractivity contribution in [3.8, 4) is 0 Å². The average Bonchev–Trinajstić information content (AvgIpc) is 2.57. The molecule has 2 atom stereocenters. The highest BCUT2D eigenvalue weighted by atomic mass is 19.4. The molecule has 4 nitrogen and oxygen atoms in total. The van der Waals surface area contributed by atoms with Crippen molar-refractivity contribution >= 4 is 11.9 Å². The monoisotopic (exact) mass is 402 g/mol. The molecule has 0 aliphatic carbocycles. The maximum atomic E-state index is 12.8. The number of alkyl halides is 3. The van der Waals surface area contributed by atoms with Crippen LogP contribution >= 0.6 is 0 Å². The first-order chi connectivity index (χ1) is 12.9. The minimum atomic E-state index is -4.43. The highest BCUT2D eigenvalue weighted by Crippen LogP contribution is 2.32. The molecule has 0 aromatic heterocycles. The van der Waals surface area contributed by atoms with E-state index < -0.39 is 48.4 Å². The summed E-state index contributed by atoms with van der Waals surface area (Å²) >= 11 is 0. The van der Waals surface area contributed by atoms with Gasteiger partial charge in [0.2, 0.25) is 0 Å². The second-order valence-electron chi connectivity index (χ2n) is 7.78. The minimum absolute atomic E-state index is 0.000195. The van der Waals surface area contributed by atoms with Crippen LogP contribution in [0.3, 0.4) is 0 Å². The van der Waals surface area contributed by atoms with Crippen molar-refractivity contribution in [2.24, 2.45) is 11.8 Å². The molecule has 0 fully saturated rings. The number of hydrogen-bond donors (Lipinski definition) is 0. The van der Waals surface area contributed by atoms with Crippen molar-refractivity contribution in [1.82, 2.24) is 0 Å². The molecule has 0 aliphatic rings. The molecule has 0 saturated carbocycles. The maximum Gasteiger partial charge on any atom is 0.389 e. The Morgan fingerprint density at radius 3 is 2.04 bits per heavy atom. The Bertz CT molecular complexity index is 621. The van der Waals surface area contributed by atoms with Crippen LogP contribution in [-0.2, 0) is 25.7 Å². The average molecular weight is 402 g/mol. The lowest BCUT2D eigenvalue weighted by atomic mass is 9.85. The molecule has 2 unspecified atom stereocenters. The van der Waals surface area contributed by atoms with Crippen LogP contribution < -0.4 is 0 Å². The van der Waals surface area contributed by atoms with E-state index in [-0.39, 0.29) is 13.0 Å². The molecule has 0 radical (unpaired) electrons. The van der Waals surface area contributed by atoms with Crippen LogP contribution in [0.2, 0.25) is 0 Å². The minimum Gasteiger partial charge on any atom is -0.461 e. The molecule has 158 valence electrons. The summed E-state index contributed by atoms with van der Waals surface area (Å²) in [5.41, 5.74) is -0.103. The van der Waals surface area contributed by atoms with Gasteiger partial charge in [-0.2, -0.15) is 13.2 Å². The van der Waals surface area contributed by atoms with Gasteiger partial charge in [-0.15, -0.1) is 0 Å². The first kappa shape index (κ1) is 24.0. The Morgan fingerprint density at radius 2 is 1.54 bits per heavy atom. The number of hydrogen-bond acceptors (Lipinski definition) is 4. The number of benzene rings is 1. The molecule has 7 heteroatoms. The number of rotatable bonds is 9. The molecule has 0 amide bonds. The molecular formula is C21H29F3O4. The van der Waals surface area contributed by atoms with E-state index in [1.54, 1.807) is 52.0 Å². The van der Waals surface area contributed by atoms with Crippen LogP contribution in [0.25, 0.3) is 0 Å². The van der Waals surface area contributed by atoms with Crippen LogP contribution in [0.1, 0.15) is 58.9 Å². The molecule has 1 aromatic carbocycles. The van der Waals surface area contributed by atoms with Gasteiger partial charge in [0.25, 0.3) is 0 Å². The van der Waals surface area contributed by atoms with Gasteiger partial charge in [-0.3, -0.25) is 9.59 Å². The fourth-order valence-electron chi connectivity index (χ4n) is 2.81. The standard InChI is InChI=1S/C21H29F3O4/c1-5-9-16(18(25)27-14-15-10-7-6-8-11-15)17(12-13-21(22,23)24)19(26)28-20(2,3)4/h6-8,10-11,16-17H,5,9,12-14H2,1-4H3. The second kappa shape index (κ2) is 10.5. The van der Waals surface area contributed by atoms with E-state index >= 15 is 0 Å². The van der Waals surface area contributed by atoms with Gasteiger partial charge in [0, 0.05) is 6.42 Å². The zero-order chi connectivity index (χ0) is 21.4. The predicted octanol–water partition coefficient (Wildman–Crippen LogP) is 5.45. The Balaban J connectivity index is 2.96. The van der Waals surface area contributed by atoms with E-state index in [1.807, 2.05) is 6.07 Å². The molecule has 0 spiro atoms. The van der Waals surface area contributed by atoms with Crippen LogP contribution in [0.5, 0.6) is 0 Å². The third-order valence-electron chi connectivity index (χ3n) is 4.06. The van der Waals surface area contributed by atoms with Crippen molar-refractivity contribution in [2.45, 2.75) is 71.8 Å². The molecule has 0 heterocycles. The molecule has 0 N–H and O–H groups in total. The molecule has 1 rings (SSSR count). The van der Waals surface area contributed by atoms with E-state index in [9.17, 15) is 22.8 Å². The van der Waals surface area contributed by atoms with Gasteiger partial charge in [0.1, 0.15) is 12.2 Å². The predicted molar refractivity (Wildman–Crippen MR) is 99.3 cm³/mol. The van der Waals surface area contributed by atoms with Gasteiger partial charge in [0.05, 0.1) is 11.8 Å². The van der Waals surface area contributed by atoms with Gasteiger partial charge >= 0.3 is 18.1 Å². The smallest absolute Gasteiger partial charge is 0.389 e. The van der Waals surface area contributed by atoms with Crippen LogP contribution in [0, 0.1) is 11.8 Å². The third-order valence-corrected chi connectivity index (χ3v) is 4.06. The van der Waals surface area contributed by atoms with Gasteiger partial charge in [0.15, 0.2) is 0 Å². The molecule has 0 bridgehead atoms. The van der Waals surface area contributed by atoms with Crippen molar-refractivity contribution in [1.29, 1.82) is 0 Å². The fraction of sp³-hybridized carbons (Fsp3) is 0.619. The molecule has 28 heavy (non-hydrogen) atoms. The lowest BCUT2D eigenvalue weighted by Gasteiger charge is -2.28. The molecule has 0 aliphatic heterocycles. The van der Waals surface area contributed by atoms with Gasteiger partial charge in [-0.1, -0.05) is 43.7 Å². The molecule has 1 aromatic rings. The summed E-state index contributed by atoms with van der Waals surface area (Å²) in [5.74, 6) is -3.66. The first-order valence-electron chi connectivity index (χ1n) is 9.43.